The summed E-state index contributed by atoms with van der Waals surface area (Å²) in [7, 11) is 0. The second-order valence-electron chi connectivity index (χ2n) is 3.95. The molecule has 4 nitrogen and oxygen atoms in total. The van der Waals surface area contributed by atoms with Crippen molar-refractivity contribution in [3.8, 4) is 11.5 Å². The van der Waals surface area contributed by atoms with E-state index in [4.69, 9.17) is 9.47 Å². The molecule has 0 amide bonds. The highest BCUT2D eigenvalue weighted by molar-refractivity contribution is 5.87. The van der Waals surface area contributed by atoms with Crippen molar-refractivity contribution in [1.29, 1.82) is 0 Å². The minimum atomic E-state index is -0.344. The van der Waals surface area contributed by atoms with Gasteiger partial charge in [0.2, 0.25) is 0 Å². The summed E-state index contributed by atoms with van der Waals surface area (Å²) in [4.78, 5) is 15.2. The van der Waals surface area contributed by atoms with Gasteiger partial charge in [0.1, 0.15) is 11.5 Å². The first-order valence-electron chi connectivity index (χ1n) is 6.30. The van der Waals surface area contributed by atoms with Crippen molar-refractivity contribution in [3.05, 3.63) is 60.4 Å². The van der Waals surface area contributed by atoms with Gasteiger partial charge in [0.05, 0.1) is 12.8 Å². The highest BCUT2D eigenvalue weighted by Crippen LogP contribution is 2.20. The lowest BCUT2D eigenvalue weighted by atomic mass is 10.2. The van der Waals surface area contributed by atoms with Gasteiger partial charge in [-0.25, -0.2) is 4.79 Å². The van der Waals surface area contributed by atoms with Crippen molar-refractivity contribution in [2.75, 3.05) is 6.61 Å². The van der Waals surface area contributed by atoms with Crippen LogP contribution in [-0.4, -0.2) is 17.6 Å². The molecule has 2 aromatic rings. The van der Waals surface area contributed by atoms with Gasteiger partial charge in [0.25, 0.3) is 0 Å². The zero-order valence-electron chi connectivity index (χ0n) is 11.2. The molecule has 0 atom stereocenters. The van der Waals surface area contributed by atoms with Gasteiger partial charge in [-0.05, 0) is 42.8 Å². The molecular weight excluding hydrogens is 254 g/mol. The first-order valence-corrected chi connectivity index (χ1v) is 6.30. The lowest BCUT2D eigenvalue weighted by Crippen LogP contribution is -1.98. The Morgan fingerprint density at radius 1 is 1.20 bits per heavy atom. The fourth-order valence-electron chi connectivity index (χ4n) is 1.55. The van der Waals surface area contributed by atoms with Gasteiger partial charge in [-0.15, -0.1) is 0 Å². The zero-order valence-corrected chi connectivity index (χ0v) is 11.2. The van der Waals surface area contributed by atoms with Crippen LogP contribution < -0.4 is 4.74 Å². The summed E-state index contributed by atoms with van der Waals surface area (Å²) in [5, 5.41) is 0. The van der Waals surface area contributed by atoms with Gasteiger partial charge in [-0.1, -0.05) is 12.1 Å². The minimum absolute atomic E-state index is 0.344. The maximum Gasteiger partial charge on any atom is 0.330 e. The van der Waals surface area contributed by atoms with E-state index in [9.17, 15) is 4.79 Å². The summed E-state index contributed by atoms with van der Waals surface area (Å²) in [5.41, 5.74) is 0.900. The second-order valence-corrected chi connectivity index (χ2v) is 3.95. The largest absolute Gasteiger partial charge is 0.463 e. The molecule has 102 valence electrons. The normalized spacial score (nSPS) is 10.4. The van der Waals surface area contributed by atoms with Crippen molar-refractivity contribution >= 4 is 12.0 Å². The van der Waals surface area contributed by atoms with Crippen molar-refractivity contribution in [3.63, 3.8) is 0 Å². The molecule has 0 N–H and O–H groups in total. The molecule has 1 heterocycles. The highest BCUT2D eigenvalue weighted by atomic mass is 16.5. The maximum atomic E-state index is 11.2. The average molecular weight is 269 g/mol. The van der Waals surface area contributed by atoms with Crippen LogP contribution in [0.4, 0.5) is 0 Å². The first kappa shape index (κ1) is 13.8. The van der Waals surface area contributed by atoms with Crippen LogP contribution in [0.1, 0.15) is 12.5 Å². The molecule has 4 heteroatoms. The Hall–Kier alpha value is -2.62. The van der Waals surface area contributed by atoms with Gasteiger partial charge in [-0.2, -0.15) is 0 Å². The summed E-state index contributed by atoms with van der Waals surface area (Å²) in [6.45, 7) is 2.15. The lowest BCUT2D eigenvalue weighted by molar-refractivity contribution is -0.137. The number of esters is 1. The van der Waals surface area contributed by atoms with E-state index in [0.717, 1.165) is 5.56 Å². The van der Waals surface area contributed by atoms with Gasteiger partial charge in [0.15, 0.2) is 0 Å². The molecule has 0 saturated heterocycles. The Balaban J connectivity index is 1.98. The minimum Gasteiger partial charge on any atom is -0.463 e. The van der Waals surface area contributed by atoms with Gasteiger partial charge >= 0.3 is 5.97 Å². The van der Waals surface area contributed by atoms with Crippen LogP contribution in [0.15, 0.2) is 54.9 Å². The molecule has 1 aromatic carbocycles. The van der Waals surface area contributed by atoms with E-state index in [1.807, 2.05) is 36.4 Å². The molecule has 0 aliphatic rings. The van der Waals surface area contributed by atoms with Crippen LogP contribution in [0.5, 0.6) is 11.5 Å². The number of carbonyl (C=O) groups is 1. The predicted molar refractivity (Wildman–Crippen MR) is 76.4 cm³/mol. The third kappa shape index (κ3) is 4.24. The van der Waals surface area contributed by atoms with Gasteiger partial charge in [0, 0.05) is 12.3 Å². The fraction of sp³-hybridized carbons (Fsp3) is 0.125. The zero-order chi connectivity index (χ0) is 14.2. The second kappa shape index (κ2) is 7.09. The maximum absolute atomic E-state index is 11.2. The molecule has 2 rings (SSSR count). The Morgan fingerprint density at radius 2 is 2.00 bits per heavy atom. The topological polar surface area (TPSA) is 48.4 Å². The van der Waals surface area contributed by atoms with Crippen LogP contribution >= 0.6 is 0 Å². The van der Waals surface area contributed by atoms with E-state index in [1.54, 1.807) is 25.4 Å². The van der Waals surface area contributed by atoms with Crippen LogP contribution in [0.2, 0.25) is 0 Å². The van der Waals surface area contributed by atoms with Gasteiger partial charge < -0.3 is 9.47 Å². The molecule has 0 unspecified atom stereocenters. The number of aromatic nitrogens is 1. The molecule has 1 aromatic heterocycles. The monoisotopic (exact) mass is 269 g/mol. The van der Waals surface area contributed by atoms with Crippen LogP contribution in [0, 0.1) is 0 Å². The summed E-state index contributed by atoms with van der Waals surface area (Å²) in [6, 6.07) is 11.0. The van der Waals surface area contributed by atoms with E-state index in [2.05, 4.69) is 4.98 Å². The SMILES string of the molecule is CCOC(=O)C=Cc1ccc(Oc2cccnc2)cc1. The molecule has 0 saturated carbocycles. The Bertz CT molecular complexity index is 576. The molecule has 20 heavy (non-hydrogen) atoms. The summed E-state index contributed by atoms with van der Waals surface area (Å²) >= 11 is 0. The van der Waals surface area contributed by atoms with Crippen molar-refractivity contribution < 1.29 is 14.3 Å². The van der Waals surface area contributed by atoms with Crippen LogP contribution in [0.3, 0.4) is 0 Å². The van der Waals surface area contributed by atoms with E-state index in [-0.39, 0.29) is 5.97 Å². The van der Waals surface area contributed by atoms with Crippen molar-refractivity contribution in [1.82, 2.24) is 4.98 Å². The Kier molecular flexibility index (Phi) is 4.89. The van der Waals surface area contributed by atoms with Crippen molar-refractivity contribution in [2.45, 2.75) is 6.92 Å². The Labute approximate surface area is 117 Å². The molecule has 0 radical (unpaired) electrons. The summed E-state index contributed by atoms with van der Waals surface area (Å²) in [6.07, 6.45) is 6.44. The van der Waals surface area contributed by atoms with Crippen LogP contribution in [0.25, 0.3) is 6.08 Å². The standard InChI is InChI=1S/C16H15NO3/c1-2-19-16(18)10-7-13-5-8-14(9-6-13)20-15-4-3-11-17-12-15/h3-12H,2H2,1H3. The molecule has 0 aliphatic carbocycles. The molecular formula is C16H15NO3. The number of rotatable bonds is 5. The fourth-order valence-corrected chi connectivity index (χ4v) is 1.55. The highest BCUT2D eigenvalue weighted by Gasteiger charge is 1.97. The molecule has 0 aliphatic heterocycles. The number of benzene rings is 1. The van der Waals surface area contributed by atoms with E-state index in [0.29, 0.717) is 18.1 Å². The smallest absolute Gasteiger partial charge is 0.330 e. The first-order chi connectivity index (χ1) is 9.78. The number of hydrogen-bond acceptors (Lipinski definition) is 4. The van der Waals surface area contributed by atoms with Crippen LogP contribution in [-0.2, 0) is 9.53 Å². The lowest BCUT2D eigenvalue weighted by Gasteiger charge is -2.04. The van der Waals surface area contributed by atoms with Crippen molar-refractivity contribution in [2.24, 2.45) is 0 Å². The van der Waals surface area contributed by atoms with E-state index in [1.165, 1.54) is 6.08 Å². The number of pyridine rings is 1. The average Bonchev–Trinajstić information content (AvgIpc) is 2.48. The molecule has 0 spiro atoms. The molecule has 0 bridgehead atoms. The van der Waals surface area contributed by atoms with Gasteiger partial charge in [-0.3, -0.25) is 4.98 Å². The summed E-state index contributed by atoms with van der Waals surface area (Å²) in [5.74, 6) is 1.05. The predicted octanol–water partition coefficient (Wildman–Crippen LogP) is 3.45. The number of hydrogen-bond donors (Lipinski definition) is 0. The summed E-state index contributed by atoms with van der Waals surface area (Å²) < 4.78 is 10.4. The van der Waals surface area contributed by atoms with E-state index < -0.39 is 0 Å². The third-order valence-electron chi connectivity index (χ3n) is 2.45. The number of nitrogens with zero attached hydrogens (tertiary/aromatic N) is 1. The third-order valence-corrected chi connectivity index (χ3v) is 2.45. The Morgan fingerprint density at radius 3 is 2.65 bits per heavy atom. The quantitative estimate of drug-likeness (QED) is 0.616. The molecule has 0 fully saturated rings. The van der Waals surface area contributed by atoms with E-state index >= 15 is 0 Å². The number of carbonyl (C=O) groups excluding carboxylic acids is 1. The number of ether oxygens (including phenoxy) is 2.